The first-order chi connectivity index (χ1) is 14.5. The molecule has 0 radical (unpaired) electrons. The van der Waals surface area contributed by atoms with Gasteiger partial charge in [-0.1, -0.05) is 53.2 Å². The molecule has 0 aromatic rings. The van der Waals surface area contributed by atoms with Crippen LogP contribution in [0, 0.1) is 46.3 Å². The molecule has 4 aliphatic rings. The molecule has 0 spiro atoms. The SMILES string of the molecule is CC[C@]1(O)CCC2(C)C3=CCC4(C)C(CCC4[C@H](C)CCC(O)C(C)C)C3CC[C@H]2C1. The van der Waals surface area contributed by atoms with Gasteiger partial charge in [-0.2, -0.15) is 0 Å². The number of allylic oxidation sites excluding steroid dienone is 2. The second-order valence-corrected chi connectivity index (χ2v) is 13.1. The first-order valence-electron chi connectivity index (χ1n) is 13.6. The average molecular weight is 431 g/mol. The fourth-order valence-electron chi connectivity index (χ4n) is 8.86. The minimum atomic E-state index is -0.408. The molecular formula is C29H50O2. The van der Waals surface area contributed by atoms with Gasteiger partial charge in [0.15, 0.2) is 0 Å². The van der Waals surface area contributed by atoms with Crippen LogP contribution >= 0.6 is 0 Å². The summed E-state index contributed by atoms with van der Waals surface area (Å²) in [6, 6.07) is 0. The molecule has 2 N–H and O–H groups in total. The maximum Gasteiger partial charge on any atom is 0.0648 e. The zero-order valence-electron chi connectivity index (χ0n) is 21.3. The Balaban J connectivity index is 1.51. The van der Waals surface area contributed by atoms with Gasteiger partial charge >= 0.3 is 0 Å². The maximum atomic E-state index is 11.0. The summed E-state index contributed by atoms with van der Waals surface area (Å²) in [4.78, 5) is 0. The van der Waals surface area contributed by atoms with Crippen LogP contribution < -0.4 is 0 Å². The molecule has 0 aliphatic heterocycles. The molecule has 0 bridgehead atoms. The van der Waals surface area contributed by atoms with E-state index in [2.05, 4.69) is 47.6 Å². The highest BCUT2D eigenvalue weighted by Gasteiger charge is 2.58. The quantitative estimate of drug-likeness (QED) is 0.440. The Morgan fingerprint density at radius 1 is 1.03 bits per heavy atom. The Hall–Kier alpha value is -0.340. The van der Waals surface area contributed by atoms with Gasteiger partial charge in [0.1, 0.15) is 0 Å². The van der Waals surface area contributed by atoms with Crippen LogP contribution in [-0.4, -0.2) is 21.9 Å². The van der Waals surface area contributed by atoms with Crippen LogP contribution in [0.5, 0.6) is 0 Å². The first-order valence-corrected chi connectivity index (χ1v) is 13.6. The smallest absolute Gasteiger partial charge is 0.0648 e. The second-order valence-electron chi connectivity index (χ2n) is 13.1. The number of hydrogen-bond donors (Lipinski definition) is 2. The topological polar surface area (TPSA) is 40.5 Å². The van der Waals surface area contributed by atoms with Crippen LogP contribution in [0.15, 0.2) is 11.6 Å². The summed E-state index contributed by atoms with van der Waals surface area (Å²) in [5.74, 6) is 4.19. The highest BCUT2D eigenvalue weighted by molar-refractivity contribution is 5.29. The standard InChI is InChI=1S/C29H50O2/c1-7-29(31)17-16-27(5)21(18-29)9-10-22-24-12-11-23(28(24,6)15-14-25(22)27)20(4)8-13-26(30)19(2)3/h14,19-24,26,30-31H,7-13,15-18H2,1-6H3/t20-,21+,22?,23?,24?,26?,27?,28?,29+/m1/s1. The summed E-state index contributed by atoms with van der Waals surface area (Å²) in [6.07, 6.45) is 15.5. The largest absolute Gasteiger partial charge is 0.393 e. The summed E-state index contributed by atoms with van der Waals surface area (Å²) in [6.45, 7) is 14.1. The van der Waals surface area contributed by atoms with Crippen molar-refractivity contribution in [3.8, 4) is 0 Å². The number of aliphatic hydroxyl groups is 2. The summed E-state index contributed by atoms with van der Waals surface area (Å²) in [7, 11) is 0. The predicted molar refractivity (Wildman–Crippen MR) is 130 cm³/mol. The zero-order chi connectivity index (χ0) is 22.6. The minimum Gasteiger partial charge on any atom is -0.393 e. The van der Waals surface area contributed by atoms with E-state index >= 15 is 0 Å². The zero-order valence-corrected chi connectivity index (χ0v) is 21.3. The Morgan fingerprint density at radius 3 is 2.45 bits per heavy atom. The lowest BCUT2D eigenvalue weighted by atomic mass is 9.47. The molecule has 6 unspecified atom stereocenters. The predicted octanol–water partition coefficient (Wildman–Crippen LogP) is 7.14. The summed E-state index contributed by atoms with van der Waals surface area (Å²) < 4.78 is 0. The second kappa shape index (κ2) is 8.46. The van der Waals surface area contributed by atoms with E-state index in [1.165, 1.54) is 44.9 Å². The van der Waals surface area contributed by atoms with Crippen molar-refractivity contribution in [2.24, 2.45) is 46.3 Å². The van der Waals surface area contributed by atoms with E-state index in [0.717, 1.165) is 43.4 Å². The molecule has 0 saturated heterocycles. The third kappa shape index (κ3) is 3.96. The third-order valence-corrected chi connectivity index (χ3v) is 11.3. The van der Waals surface area contributed by atoms with Gasteiger partial charge in [-0.3, -0.25) is 0 Å². The van der Waals surface area contributed by atoms with Crippen molar-refractivity contribution >= 4 is 0 Å². The van der Waals surface area contributed by atoms with Crippen LogP contribution in [0.3, 0.4) is 0 Å². The van der Waals surface area contributed by atoms with Gasteiger partial charge < -0.3 is 10.2 Å². The molecular weight excluding hydrogens is 380 g/mol. The Labute approximate surface area is 192 Å². The van der Waals surface area contributed by atoms with Crippen LogP contribution in [0.4, 0.5) is 0 Å². The summed E-state index contributed by atoms with van der Waals surface area (Å²) >= 11 is 0. The highest BCUT2D eigenvalue weighted by atomic mass is 16.3. The van der Waals surface area contributed by atoms with Gasteiger partial charge in [0.05, 0.1) is 11.7 Å². The van der Waals surface area contributed by atoms with Crippen molar-refractivity contribution in [2.75, 3.05) is 0 Å². The van der Waals surface area contributed by atoms with E-state index in [1.54, 1.807) is 5.57 Å². The fourth-order valence-corrected chi connectivity index (χ4v) is 8.86. The molecule has 0 amide bonds. The molecule has 3 saturated carbocycles. The van der Waals surface area contributed by atoms with Crippen molar-refractivity contribution < 1.29 is 10.2 Å². The summed E-state index contributed by atoms with van der Waals surface area (Å²) in [5, 5.41) is 21.3. The highest BCUT2D eigenvalue weighted by Crippen LogP contribution is 2.67. The fraction of sp³-hybridized carbons (Fsp3) is 0.931. The Morgan fingerprint density at radius 2 is 1.77 bits per heavy atom. The lowest BCUT2D eigenvalue weighted by molar-refractivity contribution is -0.0771. The molecule has 2 nitrogen and oxygen atoms in total. The van der Waals surface area contributed by atoms with Crippen LogP contribution in [-0.2, 0) is 0 Å². The molecule has 9 atom stereocenters. The molecule has 0 aromatic carbocycles. The van der Waals surface area contributed by atoms with E-state index < -0.39 is 5.60 Å². The molecule has 4 aliphatic carbocycles. The van der Waals surface area contributed by atoms with E-state index in [9.17, 15) is 10.2 Å². The molecule has 0 aromatic heterocycles. The number of fused-ring (bicyclic) bond motifs is 5. The van der Waals surface area contributed by atoms with E-state index in [0.29, 0.717) is 28.6 Å². The summed E-state index contributed by atoms with van der Waals surface area (Å²) in [5.41, 5.74) is 2.16. The van der Waals surface area contributed by atoms with Crippen LogP contribution in [0.1, 0.15) is 112 Å². The number of hydrogen-bond acceptors (Lipinski definition) is 2. The van der Waals surface area contributed by atoms with E-state index in [4.69, 9.17) is 0 Å². The van der Waals surface area contributed by atoms with Crippen LogP contribution in [0.2, 0.25) is 0 Å². The lowest BCUT2D eigenvalue weighted by Crippen LogP contribution is -2.51. The Bertz CT molecular complexity index is 682. The number of aliphatic hydroxyl groups excluding tert-OH is 1. The monoisotopic (exact) mass is 430 g/mol. The molecule has 2 heteroatoms. The normalized spacial score (nSPS) is 46.7. The average Bonchev–Trinajstić information content (AvgIpc) is 3.09. The van der Waals surface area contributed by atoms with Crippen molar-refractivity contribution in [1.82, 2.24) is 0 Å². The molecule has 4 rings (SSSR count). The van der Waals surface area contributed by atoms with Crippen molar-refractivity contribution in [1.29, 1.82) is 0 Å². The minimum absolute atomic E-state index is 0.145. The maximum absolute atomic E-state index is 11.0. The lowest BCUT2D eigenvalue weighted by Gasteiger charge is -2.58. The van der Waals surface area contributed by atoms with Crippen LogP contribution in [0.25, 0.3) is 0 Å². The third-order valence-electron chi connectivity index (χ3n) is 11.3. The van der Waals surface area contributed by atoms with Gasteiger partial charge in [0.25, 0.3) is 0 Å². The van der Waals surface area contributed by atoms with Gasteiger partial charge in [-0.15, -0.1) is 0 Å². The molecule has 0 heterocycles. The van der Waals surface area contributed by atoms with E-state index in [-0.39, 0.29) is 6.10 Å². The van der Waals surface area contributed by atoms with Crippen molar-refractivity contribution in [3.63, 3.8) is 0 Å². The first kappa shape index (κ1) is 23.8. The van der Waals surface area contributed by atoms with Gasteiger partial charge in [-0.05, 0) is 117 Å². The Kier molecular flexibility index (Phi) is 6.50. The van der Waals surface area contributed by atoms with Gasteiger partial charge in [0.2, 0.25) is 0 Å². The molecule has 178 valence electrons. The van der Waals surface area contributed by atoms with E-state index in [1.807, 2.05) is 0 Å². The number of rotatable bonds is 6. The van der Waals surface area contributed by atoms with Crippen molar-refractivity contribution in [2.45, 2.75) is 124 Å². The van der Waals surface area contributed by atoms with Crippen molar-refractivity contribution in [3.05, 3.63) is 11.6 Å². The molecule has 31 heavy (non-hydrogen) atoms. The van der Waals surface area contributed by atoms with Gasteiger partial charge in [-0.25, -0.2) is 0 Å². The van der Waals surface area contributed by atoms with Gasteiger partial charge in [0, 0.05) is 0 Å². The molecule has 3 fully saturated rings.